The van der Waals surface area contributed by atoms with Gasteiger partial charge in [0.15, 0.2) is 0 Å². The predicted octanol–water partition coefficient (Wildman–Crippen LogP) is 3.48. The van der Waals surface area contributed by atoms with Crippen molar-refractivity contribution in [3.8, 4) is 0 Å². The Hall–Kier alpha value is -0.900. The minimum absolute atomic E-state index is 0.738. The second-order valence-electron chi connectivity index (χ2n) is 6.24. The van der Waals surface area contributed by atoms with Crippen LogP contribution in [0, 0.1) is 5.92 Å². The van der Waals surface area contributed by atoms with E-state index < -0.39 is 0 Å². The molecule has 3 heteroatoms. The molecule has 1 saturated carbocycles. The summed E-state index contributed by atoms with van der Waals surface area (Å²) in [5, 5.41) is 7.56. The minimum Gasteiger partial charge on any atom is -0.312 e. The van der Waals surface area contributed by atoms with Crippen molar-refractivity contribution in [2.24, 2.45) is 5.92 Å². The first-order valence-corrected chi connectivity index (χ1v) is 8.69. The fourth-order valence-corrected chi connectivity index (χ4v) is 4.33. The molecule has 1 aromatic heterocycles. The third kappa shape index (κ3) is 2.62. The third-order valence-electron chi connectivity index (χ3n) is 4.66. The zero-order valence-electron chi connectivity index (χ0n) is 11.8. The zero-order valence-corrected chi connectivity index (χ0v) is 12.7. The molecule has 2 aliphatic rings. The number of rotatable bonds is 3. The molecule has 1 saturated heterocycles. The van der Waals surface area contributed by atoms with Crippen molar-refractivity contribution in [1.82, 2.24) is 10.2 Å². The largest absolute Gasteiger partial charge is 0.312 e. The summed E-state index contributed by atoms with van der Waals surface area (Å²) in [7, 11) is 0. The molecule has 1 aromatic carbocycles. The monoisotopic (exact) mass is 286 g/mol. The van der Waals surface area contributed by atoms with Crippen LogP contribution in [0.5, 0.6) is 0 Å². The van der Waals surface area contributed by atoms with Gasteiger partial charge in [0.2, 0.25) is 0 Å². The maximum Gasteiger partial charge on any atom is 0.0346 e. The lowest BCUT2D eigenvalue weighted by atomic mass is 10.1. The van der Waals surface area contributed by atoms with Gasteiger partial charge in [-0.3, -0.25) is 4.90 Å². The van der Waals surface area contributed by atoms with Crippen molar-refractivity contribution < 1.29 is 0 Å². The summed E-state index contributed by atoms with van der Waals surface area (Å²) in [6.45, 7) is 4.78. The Labute approximate surface area is 124 Å². The molecule has 4 rings (SSSR count). The molecule has 1 atom stereocenters. The van der Waals surface area contributed by atoms with Crippen molar-refractivity contribution >= 4 is 21.4 Å². The van der Waals surface area contributed by atoms with Crippen LogP contribution < -0.4 is 5.32 Å². The number of fused-ring (bicyclic) bond motifs is 1. The Kier molecular flexibility index (Phi) is 3.51. The van der Waals surface area contributed by atoms with E-state index >= 15 is 0 Å². The van der Waals surface area contributed by atoms with Gasteiger partial charge in [-0.25, -0.2) is 0 Å². The Morgan fingerprint density at radius 3 is 3.05 bits per heavy atom. The number of nitrogens with zero attached hydrogens (tertiary/aromatic N) is 1. The summed E-state index contributed by atoms with van der Waals surface area (Å²) in [5.41, 5.74) is 1.52. The Balaban J connectivity index is 1.51. The fourth-order valence-electron chi connectivity index (χ4n) is 3.38. The fraction of sp³-hybridized carbons (Fsp3) is 0.529. The van der Waals surface area contributed by atoms with E-state index in [1.165, 1.54) is 54.5 Å². The quantitative estimate of drug-likeness (QED) is 0.929. The van der Waals surface area contributed by atoms with E-state index in [4.69, 9.17) is 0 Å². The molecule has 0 spiro atoms. The number of hydrogen-bond acceptors (Lipinski definition) is 3. The molecule has 1 aliphatic heterocycles. The van der Waals surface area contributed by atoms with Crippen LogP contribution in [0.25, 0.3) is 10.1 Å². The van der Waals surface area contributed by atoms with Crippen LogP contribution in [0.4, 0.5) is 0 Å². The molecule has 0 radical (unpaired) electrons. The highest BCUT2D eigenvalue weighted by Crippen LogP contribution is 2.34. The van der Waals surface area contributed by atoms with Gasteiger partial charge in [-0.15, -0.1) is 11.3 Å². The van der Waals surface area contributed by atoms with Crippen molar-refractivity contribution in [3.63, 3.8) is 0 Å². The molecule has 2 heterocycles. The predicted molar refractivity (Wildman–Crippen MR) is 86.2 cm³/mol. The molecule has 20 heavy (non-hydrogen) atoms. The lowest BCUT2D eigenvalue weighted by Crippen LogP contribution is -2.38. The first-order valence-electron chi connectivity index (χ1n) is 7.81. The van der Waals surface area contributed by atoms with Gasteiger partial charge in [-0.1, -0.05) is 18.2 Å². The van der Waals surface area contributed by atoms with E-state index in [1.807, 2.05) is 11.3 Å². The van der Waals surface area contributed by atoms with E-state index in [1.54, 1.807) is 0 Å². The first-order chi connectivity index (χ1) is 9.90. The van der Waals surface area contributed by atoms with E-state index in [9.17, 15) is 0 Å². The summed E-state index contributed by atoms with van der Waals surface area (Å²) in [5.74, 6) is 0.954. The van der Waals surface area contributed by atoms with Crippen LogP contribution in [-0.4, -0.2) is 30.6 Å². The number of hydrogen-bond donors (Lipinski definition) is 1. The van der Waals surface area contributed by atoms with Crippen LogP contribution in [0.2, 0.25) is 0 Å². The average molecular weight is 286 g/mol. The number of thiophene rings is 1. The topological polar surface area (TPSA) is 15.3 Å². The summed E-state index contributed by atoms with van der Waals surface area (Å²) < 4.78 is 1.43. The third-order valence-corrected chi connectivity index (χ3v) is 5.67. The highest BCUT2D eigenvalue weighted by Gasteiger charge is 2.33. The Morgan fingerprint density at radius 1 is 1.25 bits per heavy atom. The maximum absolute atomic E-state index is 3.75. The molecule has 2 aromatic rings. The van der Waals surface area contributed by atoms with Gasteiger partial charge < -0.3 is 5.32 Å². The Morgan fingerprint density at radius 2 is 2.15 bits per heavy atom. The highest BCUT2D eigenvalue weighted by atomic mass is 32.1. The molecule has 1 N–H and O–H groups in total. The molecule has 2 fully saturated rings. The smallest absolute Gasteiger partial charge is 0.0346 e. The lowest BCUT2D eigenvalue weighted by molar-refractivity contribution is 0.252. The van der Waals surface area contributed by atoms with Gasteiger partial charge in [-0.2, -0.15) is 0 Å². The molecular weight excluding hydrogens is 264 g/mol. The number of nitrogens with one attached hydrogen (secondary N) is 1. The van der Waals surface area contributed by atoms with Crippen molar-refractivity contribution in [2.45, 2.75) is 31.8 Å². The highest BCUT2D eigenvalue weighted by molar-refractivity contribution is 7.17. The van der Waals surface area contributed by atoms with E-state index in [0.29, 0.717) is 0 Å². The molecule has 1 aliphatic carbocycles. The minimum atomic E-state index is 0.738. The van der Waals surface area contributed by atoms with Crippen molar-refractivity contribution in [3.05, 3.63) is 35.2 Å². The van der Waals surface area contributed by atoms with E-state index in [2.05, 4.69) is 39.9 Å². The zero-order chi connectivity index (χ0) is 13.4. The van der Waals surface area contributed by atoms with Crippen LogP contribution in [0.15, 0.2) is 29.6 Å². The van der Waals surface area contributed by atoms with E-state index in [-0.39, 0.29) is 0 Å². The summed E-state index contributed by atoms with van der Waals surface area (Å²) in [4.78, 5) is 2.66. The molecule has 2 nitrogen and oxygen atoms in total. The van der Waals surface area contributed by atoms with Gasteiger partial charge >= 0.3 is 0 Å². The molecule has 106 valence electrons. The van der Waals surface area contributed by atoms with Gasteiger partial charge in [0.1, 0.15) is 0 Å². The van der Waals surface area contributed by atoms with Crippen LogP contribution in [0.3, 0.4) is 0 Å². The second-order valence-corrected chi connectivity index (χ2v) is 7.16. The summed E-state index contributed by atoms with van der Waals surface area (Å²) >= 11 is 1.88. The first kappa shape index (κ1) is 12.8. The van der Waals surface area contributed by atoms with Crippen molar-refractivity contribution in [1.29, 1.82) is 0 Å². The summed E-state index contributed by atoms with van der Waals surface area (Å²) in [6, 6.07) is 9.55. The normalized spacial score (nSPS) is 24.9. The van der Waals surface area contributed by atoms with Crippen LogP contribution in [-0.2, 0) is 6.54 Å². The second kappa shape index (κ2) is 5.47. The molecule has 0 amide bonds. The van der Waals surface area contributed by atoms with Crippen LogP contribution >= 0.6 is 11.3 Å². The lowest BCUT2D eigenvalue weighted by Gasteiger charge is -2.24. The van der Waals surface area contributed by atoms with Crippen molar-refractivity contribution in [2.75, 3.05) is 19.6 Å². The van der Waals surface area contributed by atoms with Gasteiger partial charge in [-0.05, 0) is 60.7 Å². The SMILES string of the molecule is c1ccc2c(CN3CCCNC(C4CC4)C3)csc2c1. The maximum atomic E-state index is 3.75. The van der Waals surface area contributed by atoms with Gasteiger partial charge in [0.25, 0.3) is 0 Å². The number of benzene rings is 1. The van der Waals surface area contributed by atoms with Gasteiger partial charge in [0.05, 0.1) is 0 Å². The molecular formula is C17H22N2S. The summed E-state index contributed by atoms with van der Waals surface area (Å²) in [6.07, 6.45) is 4.16. The standard InChI is InChI=1S/C17H22N2S/c1-2-5-17-15(4-1)14(12-20-17)10-19-9-3-8-18-16(11-19)13-6-7-13/h1-2,4-5,12-13,16,18H,3,6-11H2. The molecule has 0 bridgehead atoms. The average Bonchev–Trinajstić information content (AvgIpc) is 3.26. The van der Waals surface area contributed by atoms with Crippen LogP contribution in [0.1, 0.15) is 24.8 Å². The van der Waals surface area contributed by atoms with E-state index in [0.717, 1.165) is 18.5 Å². The molecule has 1 unspecified atom stereocenters. The Bertz CT molecular complexity index is 587. The van der Waals surface area contributed by atoms with Gasteiger partial charge in [0, 0.05) is 23.8 Å².